The number of ketones is 1. The molecule has 26 heavy (non-hydrogen) atoms. The smallest absolute Gasteiger partial charge is 0.224 e. The van der Waals surface area contributed by atoms with Crippen molar-refractivity contribution in [3.63, 3.8) is 0 Å². The topological polar surface area (TPSA) is 35.5 Å². The Balaban J connectivity index is 2.53. The number of carbonyl (C=O) groups excluding carboxylic acids is 1. The van der Waals surface area contributed by atoms with Gasteiger partial charge in [0.15, 0.2) is 0 Å². The van der Waals surface area contributed by atoms with Gasteiger partial charge in [-0.3, -0.25) is 4.79 Å². The van der Waals surface area contributed by atoms with Crippen molar-refractivity contribution in [2.75, 3.05) is 0 Å². The maximum Gasteiger partial charge on any atom is 0.224 e. The quantitative estimate of drug-likeness (QED) is 0.274. The molecule has 0 aromatic heterocycles. The van der Waals surface area contributed by atoms with Crippen molar-refractivity contribution in [2.24, 2.45) is 0 Å². The molecule has 1 atom stereocenters. The monoisotopic (exact) mass is 568 g/mol. The van der Waals surface area contributed by atoms with Crippen LogP contribution in [0.2, 0.25) is 16.6 Å². The molecule has 7 heteroatoms. The van der Waals surface area contributed by atoms with Gasteiger partial charge in [0.2, 0.25) is 23.6 Å². The number of Topliss-reactive ketones (excluding diaryl/α,β-unsaturated/α-hetero) is 1. The third-order valence-corrected chi connectivity index (χ3v) is 13.9. The van der Waals surface area contributed by atoms with E-state index in [0.29, 0.717) is 27.9 Å². The minimum absolute atomic E-state index is 0.0847. The lowest BCUT2D eigenvalue weighted by molar-refractivity contribution is -0.0172. The number of benzene rings is 1. The highest BCUT2D eigenvalue weighted by molar-refractivity contribution is 9.26. The van der Waals surface area contributed by atoms with Gasteiger partial charge in [0.05, 0.1) is 5.56 Å². The van der Waals surface area contributed by atoms with Gasteiger partial charge in [-0.15, -0.1) is 0 Å². The van der Waals surface area contributed by atoms with Crippen molar-refractivity contribution in [1.82, 2.24) is 0 Å². The van der Waals surface area contributed by atoms with E-state index in [-0.39, 0.29) is 5.78 Å². The average Bonchev–Trinajstić information content (AvgIpc) is 2.51. The number of alkyl halides is 2. The lowest BCUT2D eigenvalue weighted by Crippen LogP contribution is -2.57. The summed E-state index contributed by atoms with van der Waals surface area (Å²) in [6.07, 6.45) is -0.726. The summed E-state index contributed by atoms with van der Waals surface area (Å²) in [5, 5.41) is 0. The molecule has 2 rings (SSSR count). The Bertz CT molecular complexity index is 680. The first-order valence-corrected chi connectivity index (χ1v) is 13.4. The molecule has 1 aromatic carbocycles. The molecule has 0 aliphatic carbocycles. The first kappa shape index (κ1) is 22.6. The van der Waals surface area contributed by atoms with Crippen molar-refractivity contribution in [2.45, 2.75) is 74.6 Å². The van der Waals surface area contributed by atoms with Gasteiger partial charge in [-0.2, -0.15) is 0 Å². The fourth-order valence-electron chi connectivity index (χ4n) is 4.13. The van der Waals surface area contributed by atoms with Crippen LogP contribution in [0.4, 0.5) is 0 Å². The van der Waals surface area contributed by atoms with E-state index in [0.717, 1.165) is 10.0 Å². The third-order valence-electron chi connectivity index (χ3n) is 5.37. The first-order valence-electron chi connectivity index (χ1n) is 8.93. The van der Waals surface area contributed by atoms with Gasteiger partial charge >= 0.3 is 0 Å². The Kier molecular flexibility index (Phi) is 6.93. The minimum atomic E-state index is -2.23. The van der Waals surface area contributed by atoms with Crippen molar-refractivity contribution in [3.8, 4) is 5.75 Å². The van der Waals surface area contributed by atoms with Crippen LogP contribution in [0.15, 0.2) is 16.6 Å². The molecule has 146 valence electrons. The van der Waals surface area contributed by atoms with E-state index < -0.39 is 17.8 Å². The van der Waals surface area contributed by atoms with Crippen LogP contribution >= 0.6 is 47.8 Å². The maximum absolute atomic E-state index is 13.2. The zero-order valence-corrected chi connectivity index (χ0v) is 22.1. The van der Waals surface area contributed by atoms with Gasteiger partial charge in [0, 0.05) is 4.47 Å². The SMILES string of the molecule is Cc1ccc2c(c1Br)C(=O)C(Br)(Br)C(O[Si](C(C)C)(C(C)C)C(C)C)O2. The molecule has 0 saturated heterocycles. The van der Waals surface area contributed by atoms with Crippen LogP contribution in [0.5, 0.6) is 5.75 Å². The number of hydrogen-bond donors (Lipinski definition) is 0. The Hall–Kier alpha value is 0.307. The summed E-state index contributed by atoms with van der Waals surface area (Å²) in [7, 11) is -2.23. The molecule has 1 aliphatic rings. The Morgan fingerprint density at radius 3 is 2.04 bits per heavy atom. The largest absolute Gasteiger partial charge is 0.462 e. The summed E-state index contributed by atoms with van der Waals surface area (Å²) in [6, 6.07) is 3.79. The van der Waals surface area contributed by atoms with Crippen molar-refractivity contribution < 1.29 is 14.0 Å². The number of fused-ring (bicyclic) bond motifs is 1. The summed E-state index contributed by atoms with van der Waals surface area (Å²) in [5.74, 6) is 0.477. The first-order chi connectivity index (χ1) is 11.9. The van der Waals surface area contributed by atoms with E-state index in [1.54, 1.807) is 0 Å². The van der Waals surface area contributed by atoms with Gasteiger partial charge in [0.1, 0.15) is 5.75 Å². The molecule has 0 radical (unpaired) electrons. The lowest BCUT2D eigenvalue weighted by Gasteiger charge is -2.47. The zero-order valence-electron chi connectivity index (χ0n) is 16.3. The summed E-state index contributed by atoms with van der Waals surface area (Å²) < 4.78 is 12.6. The molecule has 0 fully saturated rings. The van der Waals surface area contributed by atoms with Crippen molar-refractivity contribution in [1.29, 1.82) is 0 Å². The maximum atomic E-state index is 13.2. The van der Waals surface area contributed by atoms with Gasteiger partial charge in [0.25, 0.3) is 0 Å². The van der Waals surface area contributed by atoms with E-state index in [1.807, 2.05) is 19.1 Å². The summed E-state index contributed by atoms with van der Waals surface area (Å²) in [6.45, 7) is 15.3. The third kappa shape index (κ3) is 3.63. The summed E-state index contributed by atoms with van der Waals surface area (Å²) in [5.41, 5.74) is 2.71. The molecule has 1 unspecified atom stereocenters. The fourth-order valence-corrected chi connectivity index (χ4v) is 11.2. The molecular formula is C19H27Br3O3Si. The molecule has 1 heterocycles. The second kappa shape index (κ2) is 7.97. The second-order valence-corrected chi connectivity index (χ2v) is 17.7. The van der Waals surface area contributed by atoms with Crippen LogP contribution in [0.25, 0.3) is 0 Å². The Morgan fingerprint density at radius 1 is 1.08 bits per heavy atom. The molecule has 3 nitrogen and oxygen atoms in total. The van der Waals surface area contributed by atoms with Gasteiger partial charge in [-0.25, -0.2) is 0 Å². The van der Waals surface area contributed by atoms with Crippen LogP contribution < -0.4 is 4.74 Å². The molecular weight excluding hydrogens is 544 g/mol. The zero-order chi connectivity index (χ0) is 20.0. The highest BCUT2D eigenvalue weighted by Crippen LogP contribution is 2.50. The highest BCUT2D eigenvalue weighted by Gasteiger charge is 2.56. The molecule has 0 amide bonds. The van der Waals surface area contributed by atoms with Crippen LogP contribution in [-0.2, 0) is 4.43 Å². The van der Waals surface area contributed by atoms with Crippen molar-refractivity contribution >= 4 is 61.9 Å². The molecule has 0 spiro atoms. The lowest BCUT2D eigenvalue weighted by atomic mass is 10.0. The molecule has 0 saturated carbocycles. The van der Waals surface area contributed by atoms with E-state index >= 15 is 0 Å². The minimum Gasteiger partial charge on any atom is -0.462 e. The van der Waals surface area contributed by atoms with Crippen LogP contribution in [0, 0.1) is 6.92 Å². The van der Waals surface area contributed by atoms with E-state index in [2.05, 4.69) is 89.3 Å². The standard InChI is InChI=1S/C19H27Br3O3Si/c1-10(2)26(11(3)4,12(5)6)25-18-19(21,22)17(23)15-14(24-18)9-8-13(7)16(15)20/h8-12,18H,1-7H3. The molecule has 0 bridgehead atoms. The fraction of sp³-hybridized carbons (Fsp3) is 0.632. The van der Waals surface area contributed by atoms with Crippen LogP contribution in [0.1, 0.15) is 57.5 Å². The van der Waals surface area contributed by atoms with Gasteiger partial charge < -0.3 is 9.16 Å². The normalized spacial score (nSPS) is 19.9. The summed E-state index contributed by atoms with van der Waals surface area (Å²) in [4.78, 5) is 13.2. The number of hydrogen-bond acceptors (Lipinski definition) is 3. The van der Waals surface area contributed by atoms with Crippen molar-refractivity contribution in [3.05, 3.63) is 27.7 Å². The molecule has 0 N–H and O–H groups in total. The van der Waals surface area contributed by atoms with Gasteiger partial charge in [-0.05, 0) is 51.1 Å². The number of halogens is 3. The Morgan fingerprint density at radius 2 is 1.58 bits per heavy atom. The van der Waals surface area contributed by atoms with E-state index in [4.69, 9.17) is 9.16 Å². The number of carbonyl (C=O) groups is 1. The number of rotatable bonds is 5. The second-order valence-electron chi connectivity index (χ2n) is 7.91. The van der Waals surface area contributed by atoms with Gasteiger partial charge in [-0.1, -0.05) is 79.5 Å². The van der Waals surface area contributed by atoms with E-state index in [9.17, 15) is 4.79 Å². The van der Waals surface area contributed by atoms with E-state index in [1.165, 1.54) is 0 Å². The highest BCUT2D eigenvalue weighted by atomic mass is 79.9. The molecule has 1 aliphatic heterocycles. The van der Waals surface area contributed by atoms with Crippen LogP contribution in [0.3, 0.4) is 0 Å². The number of aryl methyl sites for hydroxylation is 1. The summed E-state index contributed by atoms with van der Waals surface area (Å²) >= 11 is 10.7. The average molecular weight is 571 g/mol. The van der Waals surface area contributed by atoms with Crippen LogP contribution in [-0.4, -0.2) is 23.6 Å². The Labute approximate surface area is 183 Å². The number of ether oxygens (including phenoxy) is 1. The molecule has 1 aromatic rings. The predicted octanol–water partition coefficient (Wildman–Crippen LogP) is 7.34. The predicted molar refractivity (Wildman–Crippen MR) is 120 cm³/mol.